The third kappa shape index (κ3) is 5.10. The summed E-state index contributed by atoms with van der Waals surface area (Å²) in [6, 6.07) is 13.1. The van der Waals surface area contributed by atoms with Crippen molar-refractivity contribution in [1.29, 1.82) is 0 Å². The molecule has 0 spiro atoms. The van der Waals surface area contributed by atoms with E-state index in [2.05, 4.69) is 6.92 Å². The Labute approximate surface area is 190 Å². The molecule has 1 atom stereocenters. The fourth-order valence-corrected chi connectivity index (χ4v) is 3.78. The van der Waals surface area contributed by atoms with Crippen LogP contribution in [-0.4, -0.2) is 50.8 Å². The molecule has 0 bridgehead atoms. The first-order valence-electron chi connectivity index (χ1n) is 10.2. The summed E-state index contributed by atoms with van der Waals surface area (Å²) in [7, 11) is 6.48. The molecule has 0 radical (unpaired) electrons. The third-order valence-corrected chi connectivity index (χ3v) is 6.12. The van der Waals surface area contributed by atoms with Crippen molar-refractivity contribution in [2.75, 3.05) is 35.0 Å². The van der Waals surface area contributed by atoms with Gasteiger partial charge in [-0.05, 0) is 30.5 Å². The summed E-state index contributed by atoms with van der Waals surface area (Å²) in [6.45, 7) is 4.22. The van der Waals surface area contributed by atoms with Crippen LogP contribution in [0.1, 0.15) is 42.6 Å². The van der Waals surface area contributed by atoms with Crippen molar-refractivity contribution >= 4 is 23.2 Å². The van der Waals surface area contributed by atoms with E-state index < -0.39 is 11.5 Å². The van der Waals surface area contributed by atoms with Gasteiger partial charge in [0.05, 0.1) is 37.4 Å². The van der Waals surface area contributed by atoms with Crippen molar-refractivity contribution in [3.05, 3.63) is 53.6 Å². The van der Waals surface area contributed by atoms with Gasteiger partial charge in [-0.1, -0.05) is 56.4 Å². The second kappa shape index (κ2) is 11.0. The minimum Gasteiger partial charge on any atom is -0.493 e. The Kier molecular flexibility index (Phi) is 8.68. The number of carbonyl (C=O) groups is 1. The molecule has 0 aliphatic carbocycles. The molecule has 2 aromatic carbocycles. The number of rotatable bonds is 10. The van der Waals surface area contributed by atoms with E-state index in [4.69, 9.17) is 31.2 Å². The zero-order valence-electron chi connectivity index (χ0n) is 19.1. The fourth-order valence-electron chi connectivity index (χ4n) is 3.61. The van der Waals surface area contributed by atoms with Crippen molar-refractivity contribution in [3.63, 3.8) is 0 Å². The van der Waals surface area contributed by atoms with Crippen LogP contribution in [0.15, 0.2) is 42.5 Å². The Morgan fingerprint density at radius 3 is 2.03 bits per heavy atom. The highest BCUT2D eigenvalue weighted by atomic mass is 32.1. The van der Waals surface area contributed by atoms with Crippen LogP contribution in [-0.2, 0) is 10.3 Å². The Morgan fingerprint density at radius 1 is 1.00 bits per heavy atom. The Hall–Kier alpha value is -2.80. The highest BCUT2D eigenvalue weighted by Crippen LogP contribution is 2.39. The van der Waals surface area contributed by atoms with Crippen molar-refractivity contribution in [1.82, 2.24) is 4.90 Å². The predicted molar refractivity (Wildman–Crippen MR) is 125 cm³/mol. The summed E-state index contributed by atoms with van der Waals surface area (Å²) in [5.74, 6) is 0.719. The smallest absolute Gasteiger partial charge is 0.338 e. The molecule has 168 valence electrons. The van der Waals surface area contributed by atoms with Gasteiger partial charge in [-0.15, -0.1) is 0 Å². The standard InChI is InChI=1S/C24H31NO5S/c1-7-21(31)25(3)24(8-2,18-12-10-9-11-13-18)16-30-23(26)17-14-19(27-4)22(29-6)20(15-17)28-5/h9-15H,7-8,16H2,1-6H3. The molecule has 0 aliphatic heterocycles. The van der Waals surface area contributed by atoms with Crippen LogP contribution < -0.4 is 14.2 Å². The second-order valence-corrected chi connectivity index (χ2v) is 7.52. The Balaban J connectivity index is 2.39. The average Bonchev–Trinajstić information content (AvgIpc) is 2.83. The average molecular weight is 446 g/mol. The highest BCUT2D eigenvalue weighted by Gasteiger charge is 2.37. The van der Waals surface area contributed by atoms with Crippen LogP contribution in [0.3, 0.4) is 0 Å². The molecule has 0 saturated heterocycles. The molecule has 0 aliphatic rings. The molecule has 31 heavy (non-hydrogen) atoms. The SMILES string of the molecule is CCC(=S)N(C)C(CC)(COC(=O)c1cc(OC)c(OC)c(OC)c1)c1ccccc1. The molecule has 0 N–H and O–H groups in total. The van der Waals surface area contributed by atoms with E-state index in [1.54, 1.807) is 12.1 Å². The molecule has 7 heteroatoms. The number of benzene rings is 2. The summed E-state index contributed by atoms with van der Waals surface area (Å²) in [4.78, 5) is 15.9. The van der Waals surface area contributed by atoms with E-state index in [1.165, 1.54) is 21.3 Å². The topological polar surface area (TPSA) is 57.2 Å². The van der Waals surface area contributed by atoms with Crippen molar-refractivity contribution in [2.24, 2.45) is 0 Å². The second-order valence-electron chi connectivity index (χ2n) is 7.05. The quantitative estimate of drug-likeness (QED) is 0.383. The molecule has 0 amide bonds. The lowest BCUT2D eigenvalue weighted by molar-refractivity contribution is 0.0216. The summed E-state index contributed by atoms with van der Waals surface area (Å²) in [6.07, 6.45) is 1.43. The number of thiocarbonyl (C=S) groups is 1. The first-order valence-corrected chi connectivity index (χ1v) is 10.6. The van der Waals surface area contributed by atoms with E-state index >= 15 is 0 Å². The Bertz CT molecular complexity index is 877. The van der Waals surface area contributed by atoms with Crippen LogP contribution in [0, 0.1) is 0 Å². The van der Waals surface area contributed by atoms with Crippen LogP contribution in [0.25, 0.3) is 0 Å². The maximum atomic E-state index is 13.0. The largest absolute Gasteiger partial charge is 0.493 e. The summed E-state index contributed by atoms with van der Waals surface area (Å²) < 4.78 is 21.9. The van der Waals surface area contributed by atoms with Gasteiger partial charge in [-0.25, -0.2) is 4.79 Å². The molecular weight excluding hydrogens is 414 g/mol. The van der Waals surface area contributed by atoms with E-state index in [0.717, 1.165) is 17.0 Å². The molecule has 2 aromatic rings. The molecule has 1 unspecified atom stereocenters. The van der Waals surface area contributed by atoms with Gasteiger partial charge in [-0.2, -0.15) is 0 Å². The Morgan fingerprint density at radius 2 is 1.58 bits per heavy atom. The predicted octanol–water partition coefficient (Wildman–Crippen LogP) is 4.84. The lowest BCUT2D eigenvalue weighted by Gasteiger charge is -2.42. The first-order chi connectivity index (χ1) is 14.9. The van der Waals surface area contributed by atoms with Gasteiger partial charge in [-0.3, -0.25) is 0 Å². The minimum absolute atomic E-state index is 0.139. The maximum absolute atomic E-state index is 13.0. The number of likely N-dealkylation sites (N-methyl/N-ethyl adjacent to an activating group) is 1. The number of ether oxygens (including phenoxy) is 4. The summed E-state index contributed by atoms with van der Waals surface area (Å²) in [5.41, 5.74) is 0.770. The van der Waals surface area contributed by atoms with E-state index in [-0.39, 0.29) is 6.61 Å². The zero-order chi connectivity index (χ0) is 23.0. The molecule has 0 heterocycles. The number of methoxy groups -OCH3 is 3. The molecule has 6 nitrogen and oxygen atoms in total. The van der Waals surface area contributed by atoms with Crippen LogP contribution in [0.2, 0.25) is 0 Å². The molecule has 0 aromatic heterocycles. The van der Waals surface area contributed by atoms with Gasteiger partial charge < -0.3 is 23.8 Å². The third-order valence-electron chi connectivity index (χ3n) is 5.56. The van der Waals surface area contributed by atoms with Gasteiger partial charge in [0.25, 0.3) is 0 Å². The molecule has 2 rings (SSSR count). The lowest BCUT2D eigenvalue weighted by atomic mass is 9.86. The van der Waals surface area contributed by atoms with Crippen LogP contribution in [0.5, 0.6) is 17.2 Å². The maximum Gasteiger partial charge on any atom is 0.338 e. The van der Waals surface area contributed by atoms with Gasteiger partial charge in [0, 0.05) is 7.05 Å². The molecular formula is C24H31NO5S. The van der Waals surface area contributed by atoms with Crippen LogP contribution >= 0.6 is 12.2 Å². The summed E-state index contributed by atoms with van der Waals surface area (Å²) in [5, 5.41) is 0. The van der Waals surface area contributed by atoms with E-state index in [0.29, 0.717) is 29.2 Å². The number of esters is 1. The number of carbonyl (C=O) groups excluding carboxylic acids is 1. The first kappa shape index (κ1) is 24.5. The number of hydrogen-bond acceptors (Lipinski definition) is 6. The van der Waals surface area contributed by atoms with E-state index in [1.807, 2.05) is 49.2 Å². The van der Waals surface area contributed by atoms with Crippen LogP contribution in [0.4, 0.5) is 0 Å². The van der Waals surface area contributed by atoms with Gasteiger partial charge >= 0.3 is 5.97 Å². The molecule has 0 fully saturated rings. The normalized spacial score (nSPS) is 12.5. The monoisotopic (exact) mass is 445 g/mol. The molecule has 0 saturated carbocycles. The summed E-state index contributed by atoms with van der Waals surface area (Å²) >= 11 is 5.60. The number of hydrogen-bond donors (Lipinski definition) is 0. The number of nitrogens with zero attached hydrogens (tertiary/aromatic N) is 1. The van der Waals surface area contributed by atoms with Gasteiger partial charge in [0.15, 0.2) is 11.5 Å². The minimum atomic E-state index is -0.579. The highest BCUT2D eigenvalue weighted by molar-refractivity contribution is 7.80. The van der Waals surface area contributed by atoms with Crippen molar-refractivity contribution in [3.8, 4) is 17.2 Å². The van der Waals surface area contributed by atoms with E-state index in [9.17, 15) is 4.79 Å². The van der Waals surface area contributed by atoms with Crippen molar-refractivity contribution < 1.29 is 23.7 Å². The fraction of sp³-hybridized carbons (Fsp3) is 0.417. The van der Waals surface area contributed by atoms with Crippen molar-refractivity contribution in [2.45, 2.75) is 32.2 Å². The lowest BCUT2D eigenvalue weighted by Crippen LogP contribution is -2.49. The van der Waals surface area contributed by atoms with Gasteiger partial charge in [0.1, 0.15) is 6.61 Å². The van der Waals surface area contributed by atoms with Gasteiger partial charge in [0.2, 0.25) is 5.75 Å². The zero-order valence-corrected chi connectivity index (χ0v) is 19.9.